The maximum Gasteiger partial charge on any atom is 0.273 e. The Morgan fingerprint density at radius 3 is 2.81 bits per heavy atom. The summed E-state index contributed by atoms with van der Waals surface area (Å²) in [6, 6.07) is 7.78. The number of hydrogen-bond donors (Lipinski definition) is 2. The second-order valence-electron chi connectivity index (χ2n) is 9.94. The van der Waals surface area contributed by atoms with E-state index in [1.165, 1.54) is 18.4 Å². The van der Waals surface area contributed by atoms with E-state index < -0.39 is 5.60 Å². The van der Waals surface area contributed by atoms with Gasteiger partial charge in [0.2, 0.25) is 0 Å². The average Bonchev–Trinajstić information content (AvgIpc) is 3.28. The number of carbonyl (C=O) groups is 1. The molecule has 1 amide bonds. The van der Waals surface area contributed by atoms with Crippen LogP contribution in [0.2, 0.25) is 5.02 Å². The predicted octanol–water partition coefficient (Wildman–Crippen LogP) is 2.91. The fourth-order valence-corrected chi connectivity index (χ4v) is 5.08. The van der Waals surface area contributed by atoms with Gasteiger partial charge in [-0.1, -0.05) is 16.8 Å². The molecule has 0 bridgehead atoms. The minimum Gasteiger partial charge on any atom is -0.380 e. The molecule has 188 valence electrons. The molecular formula is C26H24ClN7O3. The number of fused-ring (bicyclic) bond motifs is 2. The minimum absolute atomic E-state index is 0.225. The van der Waals surface area contributed by atoms with Gasteiger partial charge in [-0.05, 0) is 54.2 Å². The molecule has 2 aliphatic rings. The van der Waals surface area contributed by atoms with E-state index in [4.69, 9.17) is 16.3 Å². The second-order valence-corrected chi connectivity index (χ2v) is 10.4. The summed E-state index contributed by atoms with van der Waals surface area (Å²) < 4.78 is 10.9. The van der Waals surface area contributed by atoms with Gasteiger partial charge in [0.25, 0.3) is 5.91 Å². The second kappa shape index (κ2) is 8.41. The molecule has 0 radical (unpaired) electrons. The molecule has 0 spiro atoms. The Morgan fingerprint density at radius 2 is 2.03 bits per heavy atom. The Morgan fingerprint density at radius 1 is 1.16 bits per heavy atom. The molecule has 5 aromatic heterocycles. The van der Waals surface area contributed by atoms with Gasteiger partial charge in [-0.2, -0.15) is 0 Å². The van der Waals surface area contributed by atoms with E-state index in [1.54, 1.807) is 23.3 Å². The maximum atomic E-state index is 12.7. The smallest absolute Gasteiger partial charge is 0.273 e. The van der Waals surface area contributed by atoms with E-state index in [0.717, 1.165) is 22.2 Å². The Kier molecular flexibility index (Phi) is 5.10. The van der Waals surface area contributed by atoms with Crippen molar-refractivity contribution in [2.24, 2.45) is 0 Å². The van der Waals surface area contributed by atoms with Gasteiger partial charge in [-0.25, -0.2) is 9.67 Å². The van der Waals surface area contributed by atoms with Crippen molar-refractivity contribution in [3.8, 4) is 0 Å². The van der Waals surface area contributed by atoms with E-state index in [-0.39, 0.29) is 18.1 Å². The van der Waals surface area contributed by atoms with Gasteiger partial charge in [0.1, 0.15) is 5.60 Å². The summed E-state index contributed by atoms with van der Waals surface area (Å²) in [5.74, 6) is 0.229. The molecule has 37 heavy (non-hydrogen) atoms. The molecule has 0 atom stereocenters. The van der Waals surface area contributed by atoms with E-state index in [2.05, 4.69) is 43.3 Å². The quantitative estimate of drug-likeness (QED) is 0.343. The first kappa shape index (κ1) is 22.5. The number of hydrogen-bond acceptors (Lipinski definition) is 6. The Labute approximate surface area is 216 Å². The number of carbonyl (C=O) groups excluding carboxylic acids is 1. The molecule has 1 saturated heterocycles. The molecule has 1 aliphatic carbocycles. The van der Waals surface area contributed by atoms with E-state index >= 15 is 0 Å². The predicted molar refractivity (Wildman–Crippen MR) is 135 cm³/mol. The van der Waals surface area contributed by atoms with Crippen LogP contribution in [0.1, 0.15) is 51.6 Å². The summed E-state index contributed by atoms with van der Waals surface area (Å²) in [6.45, 7) is 1.30. The zero-order valence-electron chi connectivity index (χ0n) is 19.8. The van der Waals surface area contributed by atoms with Crippen LogP contribution in [0.5, 0.6) is 0 Å². The van der Waals surface area contributed by atoms with Gasteiger partial charge in [-0.3, -0.25) is 4.79 Å². The fourth-order valence-electron chi connectivity index (χ4n) is 4.92. The first-order chi connectivity index (χ1) is 17.9. The van der Waals surface area contributed by atoms with Crippen LogP contribution in [0.15, 0.2) is 55.4 Å². The molecular weight excluding hydrogens is 494 g/mol. The summed E-state index contributed by atoms with van der Waals surface area (Å²) in [5.41, 5.74) is 4.92. The Bertz CT molecular complexity index is 1660. The summed E-state index contributed by atoms with van der Waals surface area (Å²) in [4.78, 5) is 17.1. The van der Waals surface area contributed by atoms with Gasteiger partial charge in [-0.15, -0.1) is 5.10 Å². The van der Waals surface area contributed by atoms with Crippen LogP contribution < -0.4 is 5.32 Å². The van der Waals surface area contributed by atoms with Gasteiger partial charge in [0.15, 0.2) is 5.69 Å². The number of imidazole rings is 1. The first-order valence-corrected chi connectivity index (χ1v) is 12.6. The standard InChI is InChI=1S/C26H24ClN7O3/c27-19-3-4-32-15-29-21(24(32)7-19)8-28-25(35)22-12-34(31-30-22)10-16-5-23-20(26(36)13-37-14-26)6-18(17-1-2-17)11-33(23)9-16/h3-7,9,11-12,15,17,36H,1-2,8,10,13-14H2,(H,28,35). The lowest BCUT2D eigenvalue weighted by Gasteiger charge is -2.37. The van der Waals surface area contributed by atoms with Crippen molar-refractivity contribution in [1.82, 2.24) is 34.1 Å². The highest BCUT2D eigenvalue weighted by atomic mass is 35.5. The lowest BCUT2D eigenvalue weighted by molar-refractivity contribution is -0.184. The summed E-state index contributed by atoms with van der Waals surface area (Å²) in [7, 11) is 0. The fraction of sp³-hybridized carbons (Fsp3) is 0.308. The summed E-state index contributed by atoms with van der Waals surface area (Å²) in [6.07, 6.45) is 11.7. The van der Waals surface area contributed by atoms with E-state index in [1.807, 2.05) is 22.9 Å². The van der Waals surface area contributed by atoms with Gasteiger partial charge in [0, 0.05) is 29.2 Å². The van der Waals surface area contributed by atoms with Crippen LogP contribution in [0.25, 0.3) is 11.0 Å². The average molecular weight is 518 g/mol. The number of amides is 1. The first-order valence-electron chi connectivity index (χ1n) is 12.2. The molecule has 11 heteroatoms. The number of pyridine rings is 2. The Balaban J connectivity index is 1.09. The van der Waals surface area contributed by atoms with Crippen molar-refractivity contribution >= 4 is 28.5 Å². The van der Waals surface area contributed by atoms with Gasteiger partial charge < -0.3 is 24.0 Å². The largest absolute Gasteiger partial charge is 0.380 e. The van der Waals surface area contributed by atoms with Crippen molar-refractivity contribution in [1.29, 1.82) is 0 Å². The van der Waals surface area contributed by atoms with Crippen LogP contribution in [0.3, 0.4) is 0 Å². The Hall–Kier alpha value is -3.73. The number of aromatic nitrogens is 6. The molecule has 2 N–H and O–H groups in total. The minimum atomic E-state index is -0.952. The van der Waals surface area contributed by atoms with Gasteiger partial charge in [0.05, 0.1) is 55.6 Å². The molecule has 2 fully saturated rings. The van der Waals surface area contributed by atoms with Crippen LogP contribution in [0, 0.1) is 0 Å². The SMILES string of the molecule is O=C(NCc1ncn2ccc(Cl)cc12)c1cn(Cc2cc3c(C4(O)COC4)cc(C4CC4)cn3c2)nn1. The molecule has 5 aromatic rings. The highest BCUT2D eigenvalue weighted by Gasteiger charge is 2.40. The van der Waals surface area contributed by atoms with Crippen LogP contribution >= 0.6 is 11.6 Å². The monoisotopic (exact) mass is 517 g/mol. The summed E-state index contributed by atoms with van der Waals surface area (Å²) >= 11 is 6.10. The molecule has 10 nitrogen and oxygen atoms in total. The third-order valence-electron chi connectivity index (χ3n) is 7.13. The van der Waals surface area contributed by atoms with E-state index in [9.17, 15) is 9.90 Å². The summed E-state index contributed by atoms with van der Waals surface area (Å²) in [5, 5.41) is 22.7. The number of rotatable bonds is 7. The number of aliphatic hydroxyl groups is 1. The zero-order valence-corrected chi connectivity index (χ0v) is 20.6. The highest BCUT2D eigenvalue weighted by molar-refractivity contribution is 6.30. The lowest BCUT2D eigenvalue weighted by Crippen LogP contribution is -2.46. The van der Waals surface area contributed by atoms with Crippen LogP contribution in [-0.2, 0) is 23.4 Å². The number of nitrogens with one attached hydrogen (secondary N) is 1. The number of nitrogens with zero attached hydrogens (tertiary/aromatic N) is 6. The van der Waals surface area contributed by atoms with Crippen LogP contribution in [-0.4, -0.2) is 53.0 Å². The van der Waals surface area contributed by atoms with Crippen molar-refractivity contribution in [2.45, 2.75) is 37.5 Å². The van der Waals surface area contributed by atoms with Crippen molar-refractivity contribution in [3.63, 3.8) is 0 Å². The third kappa shape index (κ3) is 4.07. The molecule has 0 aromatic carbocycles. The third-order valence-corrected chi connectivity index (χ3v) is 7.36. The maximum absolute atomic E-state index is 12.7. The molecule has 6 heterocycles. The molecule has 0 unspecified atom stereocenters. The zero-order chi connectivity index (χ0) is 25.1. The number of halogens is 1. The van der Waals surface area contributed by atoms with Crippen molar-refractivity contribution < 1.29 is 14.6 Å². The molecule has 1 saturated carbocycles. The van der Waals surface area contributed by atoms with E-state index in [0.29, 0.717) is 36.4 Å². The molecule has 1 aliphatic heterocycles. The topological polar surface area (TPSA) is 111 Å². The van der Waals surface area contributed by atoms with Crippen molar-refractivity contribution in [2.75, 3.05) is 13.2 Å². The number of ether oxygens (including phenoxy) is 1. The molecule has 7 rings (SSSR count). The van der Waals surface area contributed by atoms with Crippen molar-refractivity contribution in [3.05, 3.63) is 88.5 Å². The highest BCUT2D eigenvalue weighted by Crippen LogP contribution is 2.43. The van der Waals surface area contributed by atoms with Crippen LogP contribution in [0.4, 0.5) is 0 Å². The normalized spacial score (nSPS) is 16.8. The lowest BCUT2D eigenvalue weighted by atomic mass is 9.90. The van der Waals surface area contributed by atoms with Gasteiger partial charge >= 0.3 is 0 Å².